The van der Waals surface area contributed by atoms with Gasteiger partial charge in [-0.25, -0.2) is 4.98 Å². The van der Waals surface area contributed by atoms with Gasteiger partial charge in [-0.15, -0.1) is 0 Å². The summed E-state index contributed by atoms with van der Waals surface area (Å²) in [5, 5.41) is 14.0. The van der Waals surface area contributed by atoms with Gasteiger partial charge in [-0.1, -0.05) is 18.2 Å². The summed E-state index contributed by atoms with van der Waals surface area (Å²) in [5.74, 6) is -0.566. The van der Waals surface area contributed by atoms with Gasteiger partial charge >= 0.3 is 0 Å². The van der Waals surface area contributed by atoms with Crippen LogP contribution in [0.2, 0.25) is 0 Å². The summed E-state index contributed by atoms with van der Waals surface area (Å²) in [6.07, 6.45) is 1.35. The van der Waals surface area contributed by atoms with E-state index in [2.05, 4.69) is 10.3 Å². The fourth-order valence-electron chi connectivity index (χ4n) is 1.81. The van der Waals surface area contributed by atoms with Crippen LogP contribution in [0.4, 0.5) is 15.8 Å². The summed E-state index contributed by atoms with van der Waals surface area (Å²) in [6.45, 7) is 1.80. The lowest BCUT2D eigenvalue weighted by Gasteiger charge is -2.15. The quantitative estimate of drug-likeness (QED) is 0.521. The summed E-state index contributed by atoms with van der Waals surface area (Å²) in [4.78, 5) is 14.0. The molecule has 0 aliphatic heterocycles. The predicted molar refractivity (Wildman–Crippen MR) is 69.3 cm³/mol. The van der Waals surface area contributed by atoms with Crippen molar-refractivity contribution in [3.05, 3.63) is 64.2 Å². The molecular weight excluding hydrogens is 249 g/mol. The maximum absolute atomic E-state index is 12.7. The van der Waals surface area contributed by atoms with E-state index in [1.807, 2.05) is 0 Å². The lowest BCUT2D eigenvalue weighted by molar-refractivity contribution is -0.385. The molecule has 5 nitrogen and oxygen atoms in total. The lowest BCUT2D eigenvalue weighted by atomic mass is 10.1. The molecule has 19 heavy (non-hydrogen) atoms. The van der Waals surface area contributed by atoms with E-state index >= 15 is 0 Å². The minimum atomic E-state index is -0.566. The number of nitrogens with one attached hydrogen (secondary N) is 1. The molecule has 0 aliphatic rings. The Labute approximate surface area is 109 Å². The minimum Gasteiger partial charge on any atom is -0.377 e. The van der Waals surface area contributed by atoms with Crippen molar-refractivity contribution in [3.63, 3.8) is 0 Å². The largest absolute Gasteiger partial charge is 0.377 e. The average Bonchev–Trinajstić information content (AvgIpc) is 2.41. The van der Waals surface area contributed by atoms with Crippen molar-refractivity contribution in [2.24, 2.45) is 0 Å². The van der Waals surface area contributed by atoms with E-state index in [0.717, 1.165) is 0 Å². The van der Waals surface area contributed by atoms with Crippen LogP contribution >= 0.6 is 0 Å². The second-order valence-electron chi connectivity index (χ2n) is 4.05. The van der Waals surface area contributed by atoms with Crippen LogP contribution in [0.5, 0.6) is 0 Å². The fourth-order valence-corrected chi connectivity index (χ4v) is 1.81. The van der Waals surface area contributed by atoms with Gasteiger partial charge in [-0.05, 0) is 19.1 Å². The highest BCUT2D eigenvalue weighted by Crippen LogP contribution is 2.27. The first-order valence-corrected chi connectivity index (χ1v) is 5.69. The van der Waals surface area contributed by atoms with Gasteiger partial charge in [0, 0.05) is 6.07 Å². The number of anilines is 1. The Morgan fingerprint density at radius 3 is 2.68 bits per heavy atom. The van der Waals surface area contributed by atoms with E-state index in [-0.39, 0.29) is 11.7 Å². The maximum atomic E-state index is 12.7. The number of aromatic nitrogens is 1. The summed E-state index contributed by atoms with van der Waals surface area (Å²) in [5.41, 5.74) is 1.22. The molecule has 0 fully saturated rings. The van der Waals surface area contributed by atoms with E-state index in [0.29, 0.717) is 11.3 Å². The highest BCUT2D eigenvalue weighted by Gasteiger charge is 2.17. The Bertz CT molecular complexity index is 587. The standard InChI is InChI=1S/C13H12FN3O2/c1-9(16-10-6-7-13(14)15-8-10)11-4-2-3-5-12(11)17(18)19/h2-9,16H,1H3. The molecule has 1 atom stereocenters. The zero-order valence-corrected chi connectivity index (χ0v) is 10.2. The first-order chi connectivity index (χ1) is 9.08. The SMILES string of the molecule is CC(Nc1ccc(F)nc1)c1ccccc1[N+](=O)[O-]. The number of nitro groups is 1. The third kappa shape index (κ3) is 3.04. The van der Waals surface area contributed by atoms with E-state index in [4.69, 9.17) is 0 Å². The lowest BCUT2D eigenvalue weighted by Crippen LogP contribution is -2.09. The number of benzene rings is 1. The van der Waals surface area contributed by atoms with Crippen molar-refractivity contribution in [1.82, 2.24) is 4.98 Å². The third-order valence-electron chi connectivity index (χ3n) is 2.71. The molecule has 1 aromatic carbocycles. The van der Waals surface area contributed by atoms with Crippen LogP contribution in [0, 0.1) is 16.1 Å². The summed E-state index contributed by atoms with van der Waals surface area (Å²) >= 11 is 0. The van der Waals surface area contributed by atoms with E-state index in [1.165, 1.54) is 24.4 Å². The highest BCUT2D eigenvalue weighted by molar-refractivity contribution is 5.48. The molecule has 1 aromatic heterocycles. The van der Waals surface area contributed by atoms with Crippen LogP contribution in [-0.2, 0) is 0 Å². The van der Waals surface area contributed by atoms with Crippen LogP contribution in [0.15, 0.2) is 42.6 Å². The van der Waals surface area contributed by atoms with Crippen LogP contribution < -0.4 is 5.32 Å². The molecule has 1 unspecified atom stereocenters. The first kappa shape index (κ1) is 12.9. The highest BCUT2D eigenvalue weighted by atomic mass is 19.1. The van der Waals surface area contributed by atoms with Crippen molar-refractivity contribution in [2.75, 3.05) is 5.32 Å². The Kier molecular flexibility index (Phi) is 3.70. The Balaban J connectivity index is 2.22. The maximum Gasteiger partial charge on any atom is 0.274 e. The van der Waals surface area contributed by atoms with Crippen molar-refractivity contribution in [1.29, 1.82) is 0 Å². The molecule has 0 spiro atoms. The zero-order valence-electron chi connectivity index (χ0n) is 10.2. The second kappa shape index (κ2) is 5.43. The first-order valence-electron chi connectivity index (χ1n) is 5.69. The molecule has 98 valence electrons. The summed E-state index contributed by atoms with van der Waals surface area (Å²) < 4.78 is 12.7. The molecule has 0 aliphatic carbocycles. The molecule has 6 heteroatoms. The number of nitrogens with zero attached hydrogens (tertiary/aromatic N) is 2. The number of nitro benzene ring substituents is 1. The monoisotopic (exact) mass is 261 g/mol. The number of hydrogen-bond acceptors (Lipinski definition) is 4. The molecule has 0 saturated carbocycles. The van der Waals surface area contributed by atoms with Crippen molar-refractivity contribution in [2.45, 2.75) is 13.0 Å². The van der Waals surface area contributed by atoms with Crippen LogP contribution in [-0.4, -0.2) is 9.91 Å². The van der Waals surface area contributed by atoms with Gasteiger partial charge in [0.25, 0.3) is 5.69 Å². The number of para-hydroxylation sites is 1. The van der Waals surface area contributed by atoms with Crippen molar-refractivity contribution in [3.8, 4) is 0 Å². The normalized spacial score (nSPS) is 11.9. The summed E-state index contributed by atoms with van der Waals surface area (Å²) in [7, 11) is 0. The number of halogens is 1. The molecule has 2 rings (SSSR count). The van der Waals surface area contributed by atoms with Gasteiger partial charge in [0.1, 0.15) is 0 Å². The number of rotatable bonds is 4. The molecule has 1 N–H and O–H groups in total. The van der Waals surface area contributed by atoms with E-state index in [1.54, 1.807) is 25.1 Å². The molecule has 0 radical (unpaired) electrons. The van der Waals surface area contributed by atoms with Crippen LogP contribution in [0.1, 0.15) is 18.5 Å². The molecule has 1 heterocycles. The van der Waals surface area contributed by atoms with Crippen LogP contribution in [0.3, 0.4) is 0 Å². The van der Waals surface area contributed by atoms with Crippen LogP contribution in [0.25, 0.3) is 0 Å². The minimum absolute atomic E-state index is 0.0533. The molecule has 2 aromatic rings. The average molecular weight is 261 g/mol. The zero-order chi connectivity index (χ0) is 13.8. The van der Waals surface area contributed by atoms with Gasteiger partial charge in [-0.2, -0.15) is 4.39 Å². The Hall–Kier alpha value is -2.50. The van der Waals surface area contributed by atoms with Crippen molar-refractivity contribution >= 4 is 11.4 Å². The topological polar surface area (TPSA) is 68.1 Å². The van der Waals surface area contributed by atoms with Gasteiger partial charge in [0.2, 0.25) is 5.95 Å². The van der Waals surface area contributed by atoms with Gasteiger partial charge in [0.05, 0.1) is 28.4 Å². The molecular formula is C13H12FN3O2. The van der Waals surface area contributed by atoms with Gasteiger partial charge in [-0.3, -0.25) is 10.1 Å². The predicted octanol–water partition coefficient (Wildman–Crippen LogP) is 3.30. The van der Waals surface area contributed by atoms with E-state index in [9.17, 15) is 14.5 Å². The molecule has 0 bridgehead atoms. The third-order valence-corrected chi connectivity index (χ3v) is 2.71. The van der Waals surface area contributed by atoms with Gasteiger partial charge < -0.3 is 5.32 Å². The summed E-state index contributed by atoms with van der Waals surface area (Å²) in [6, 6.07) is 8.98. The van der Waals surface area contributed by atoms with Crippen molar-refractivity contribution < 1.29 is 9.31 Å². The smallest absolute Gasteiger partial charge is 0.274 e. The molecule has 0 saturated heterocycles. The Morgan fingerprint density at radius 2 is 2.05 bits per heavy atom. The second-order valence-corrected chi connectivity index (χ2v) is 4.05. The fraction of sp³-hybridized carbons (Fsp3) is 0.154. The van der Waals surface area contributed by atoms with E-state index < -0.39 is 10.9 Å². The number of hydrogen-bond donors (Lipinski definition) is 1. The molecule has 0 amide bonds. The number of pyridine rings is 1. The van der Waals surface area contributed by atoms with Gasteiger partial charge in [0.15, 0.2) is 0 Å². The Morgan fingerprint density at radius 1 is 1.32 bits per heavy atom.